The van der Waals surface area contributed by atoms with Crippen LogP contribution in [0.4, 0.5) is 0 Å². The maximum absolute atomic E-state index is 12.2. The fourth-order valence-corrected chi connectivity index (χ4v) is 2.76. The second-order valence-electron chi connectivity index (χ2n) is 4.80. The van der Waals surface area contributed by atoms with Crippen molar-refractivity contribution in [1.82, 2.24) is 4.98 Å². The van der Waals surface area contributed by atoms with Crippen LogP contribution >= 0.6 is 11.8 Å². The van der Waals surface area contributed by atoms with E-state index in [1.54, 1.807) is 31.4 Å². The predicted molar refractivity (Wildman–Crippen MR) is 86.5 cm³/mol. The third-order valence-corrected chi connectivity index (χ3v) is 4.29. The molecule has 0 N–H and O–H groups in total. The number of pyridine rings is 1. The zero-order valence-electron chi connectivity index (χ0n) is 12.7. The molecule has 0 bridgehead atoms. The molecular formula is C17H16N2O2S. The van der Waals surface area contributed by atoms with Gasteiger partial charge in [-0.05, 0) is 49.7 Å². The molecule has 0 aliphatic rings. The van der Waals surface area contributed by atoms with Gasteiger partial charge in [-0.15, -0.1) is 0 Å². The summed E-state index contributed by atoms with van der Waals surface area (Å²) in [5.74, 6) is 0.958. The summed E-state index contributed by atoms with van der Waals surface area (Å²) in [5.41, 5.74) is 2.98. The smallest absolute Gasteiger partial charge is 0.173 e. The third kappa shape index (κ3) is 3.66. The van der Waals surface area contributed by atoms with Gasteiger partial charge in [-0.1, -0.05) is 11.8 Å². The van der Waals surface area contributed by atoms with Gasteiger partial charge in [-0.25, -0.2) is 4.98 Å². The summed E-state index contributed by atoms with van der Waals surface area (Å²) in [4.78, 5) is 16.6. The number of carbonyl (C=O) groups excluding carboxylic acids is 1. The average molecular weight is 312 g/mol. The molecule has 0 fully saturated rings. The summed E-state index contributed by atoms with van der Waals surface area (Å²) >= 11 is 1.29. The number of nitriles is 1. The van der Waals surface area contributed by atoms with E-state index in [-0.39, 0.29) is 11.5 Å². The Morgan fingerprint density at radius 1 is 1.32 bits per heavy atom. The number of Topliss-reactive ketones (excluding diaryl/α,β-unsaturated/α-hetero) is 1. The van der Waals surface area contributed by atoms with Gasteiger partial charge in [0.05, 0.1) is 18.4 Å². The van der Waals surface area contributed by atoms with Gasteiger partial charge in [-0.2, -0.15) is 5.26 Å². The molecule has 22 heavy (non-hydrogen) atoms. The second-order valence-corrected chi connectivity index (χ2v) is 5.76. The number of nitrogens with zero attached hydrogens (tertiary/aromatic N) is 2. The first-order chi connectivity index (χ1) is 10.5. The van der Waals surface area contributed by atoms with Crippen molar-refractivity contribution in [2.45, 2.75) is 18.9 Å². The minimum Gasteiger partial charge on any atom is -0.497 e. The molecule has 1 aromatic heterocycles. The monoisotopic (exact) mass is 312 g/mol. The van der Waals surface area contributed by atoms with E-state index in [4.69, 9.17) is 4.74 Å². The maximum atomic E-state index is 12.2. The first kappa shape index (κ1) is 16.1. The molecule has 0 saturated heterocycles. The highest BCUT2D eigenvalue weighted by Crippen LogP contribution is 2.23. The van der Waals surface area contributed by atoms with E-state index < -0.39 is 0 Å². The normalized spacial score (nSPS) is 10.1. The van der Waals surface area contributed by atoms with Crippen LogP contribution in [0.3, 0.4) is 0 Å². The molecule has 0 radical (unpaired) electrons. The predicted octanol–water partition coefficient (Wildman–Crippen LogP) is 3.55. The highest BCUT2D eigenvalue weighted by molar-refractivity contribution is 8.00. The van der Waals surface area contributed by atoms with Crippen molar-refractivity contribution in [2.24, 2.45) is 0 Å². The number of thioether (sulfide) groups is 1. The number of ketones is 1. The molecule has 1 aromatic carbocycles. The Bertz CT molecular complexity index is 734. The highest BCUT2D eigenvalue weighted by atomic mass is 32.2. The largest absolute Gasteiger partial charge is 0.497 e. The summed E-state index contributed by atoms with van der Waals surface area (Å²) in [5, 5.41) is 9.78. The Balaban J connectivity index is 2.11. The van der Waals surface area contributed by atoms with Crippen molar-refractivity contribution in [2.75, 3.05) is 12.9 Å². The molecule has 112 valence electrons. The molecule has 0 aliphatic carbocycles. The summed E-state index contributed by atoms with van der Waals surface area (Å²) in [6.07, 6.45) is 0. The molecule has 0 aliphatic heterocycles. The minimum absolute atomic E-state index is 0.00318. The van der Waals surface area contributed by atoms with E-state index in [1.165, 1.54) is 11.8 Å². The van der Waals surface area contributed by atoms with E-state index in [0.717, 1.165) is 11.3 Å². The van der Waals surface area contributed by atoms with Crippen molar-refractivity contribution in [1.29, 1.82) is 5.26 Å². The van der Waals surface area contributed by atoms with Crippen LogP contribution in [0.1, 0.15) is 27.2 Å². The van der Waals surface area contributed by atoms with Crippen LogP contribution in [0.2, 0.25) is 0 Å². The van der Waals surface area contributed by atoms with Gasteiger partial charge in [0.1, 0.15) is 16.8 Å². The lowest BCUT2D eigenvalue weighted by molar-refractivity contribution is 0.102. The zero-order valence-corrected chi connectivity index (χ0v) is 13.5. The van der Waals surface area contributed by atoms with Gasteiger partial charge in [-0.3, -0.25) is 4.79 Å². The van der Waals surface area contributed by atoms with Crippen molar-refractivity contribution < 1.29 is 9.53 Å². The van der Waals surface area contributed by atoms with Crippen LogP contribution < -0.4 is 4.74 Å². The number of hydrogen-bond acceptors (Lipinski definition) is 5. The summed E-state index contributed by atoms with van der Waals surface area (Å²) < 4.78 is 5.07. The molecule has 0 spiro atoms. The van der Waals surface area contributed by atoms with Crippen molar-refractivity contribution in [3.8, 4) is 11.8 Å². The quantitative estimate of drug-likeness (QED) is 0.624. The molecule has 1 heterocycles. The van der Waals surface area contributed by atoms with Gasteiger partial charge in [0, 0.05) is 11.3 Å². The number of ether oxygens (including phenoxy) is 1. The van der Waals surface area contributed by atoms with Crippen LogP contribution in [0.15, 0.2) is 35.4 Å². The van der Waals surface area contributed by atoms with E-state index in [2.05, 4.69) is 11.1 Å². The number of aryl methyl sites for hydroxylation is 2. The van der Waals surface area contributed by atoms with Crippen LogP contribution in [0.25, 0.3) is 0 Å². The standard InChI is InChI=1S/C17H16N2O2S/c1-11-8-14(9-18)17(19-12(11)2)22-10-16(20)13-4-6-15(21-3)7-5-13/h4-8H,10H2,1-3H3. The van der Waals surface area contributed by atoms with E-state index in [9.17, 15) is 10.1 Å². The first-order valence-corrected chi connectivity index (χ1v) is 7.72. The van der Waals surface area contributed by atoms with Gasteiger partial charge >= 0.3 is 0 Å². The third-order valence-electron chi connectivity index (χ3n) is 3.30. The fourth-order valence-electron chi connectivity index (χ4n) is 1.87. The lowest BCUT2D eigenvalue weighted by Crippen LogP contribution is -2.03. The molecule has 0 unspecified atom stereocenters. The van der Waals surface area contributed by atoms with Crippen molar-refractivity contribution >= 4 is 17.5 Å². The Morgan fingerprint density at radius 3 is 2.59 bits per heavy atom. The van der Waals surface area contributed by atoms with E-state index in [0.29, 0.717) is 21.9 Å². The first-order valence-electron chi connectivity index (χ1n) is 6.73. The molecule has 0 amide bonds. The fraction of sp³-hybridized carbons (Fsp3) is 0.235. The topological polar surface area (TPSA) is 63.0 Å². The van der Waals surface area contributed by atoms with Crippen LogP contribution in [-0.2, 0) is 0 Å². The molecule has 5 heteroatoms. The molecule has 2 aromatic rings. The van der Waals surface area contributed by atoms with Crippen LogP contribution in [0.5, 0.6) is 5.75 Å². The van der Waals surface area contributed by atoms with Gasteiger partial charge in [0.25, 0.3) is 0 Å². The second kappa shape index (κ2) is 7.10. The number of rotatable bonds is 5. The number of hydrogen-bond donors (Lipinski definition) is 0. The summed E-state index contributed by atoms with van der Waals surface area (Å²) in [6.45, 7) is 3.81. The minimum atomic E-state index is -0.00318. The average Bonchev–Trinajstić information content (AvgIpc) is 2.55. The lowest BCUT2D eigenvalue weighted by atomic mass is 10.1. The number of carbonyl (C=O) groups is 1. The zero-order chi connectivity index (χ0) is 16.1. The van der Waals surface area contributed by atoms with E-state index in [1.807, 2.05) is 19.9 Å². The Hall–Kier alpha value is -2.32. The molecule has 2 rings (SSSR count). The van der Waals surface area contributed by atoms with Crippen LogP contribution in [0, 0.1) is 25.2 Å². The number of methoxy groups -OCH3 is 1. The maximum Gasteiger partial charge on any atom is 0.173 e. The summed E-state index contributed by atoms with van der Waals surface area (Å²) in [7, 11) is 1.58. The molecule has 4 nitrogen and oxygen atoms in total. The Kier molecular flexibility index (Phi) is 5.18. The molecule has 0 saturated carbocycles. The molecular weight excluding hydrogens is 296 g/mol. The van der Waals surface area contributed by atoms with Crippen LogP contribution in [-0.4, -0.2) is 23.6 Å². The Labute approximate surface area is 134 Å². The lowest BCUT2D eigenvalue weighted by Gasteiger charge is -2.07. The van der Waals surface area contributed by atoms with Gasteiger partial charge in [0.2, 0.25) is 0 Å². The summed E-state index contributed by atoms with van der Waals surface area (Å²) in [6, 6.07) is 10.9. The van der Waals surface area contributed by atoms with E-state index >= 15 is 0 Å². The number of benzene rings is 1. The number of aromatic nitrogens is 1. The highest BCUT2D eigenvalue weighted by Gasteiger charge is 2.12. The van der Waals surface area contributed by atoms with Crippen molar-refractivity contribution in [3.63, 3.8) is 0 Å². The molecule has 0 atom stereocenters. The SMILES string of the molecule is COc1ccc(C(=O)CSc2nc(C)c(C)cc2C#N)cc1. The Morgan fingerprint density at radius 2 is 2.00 bits per heavy atom. The van der Waals surface area contributed by atoms with Crippen molar-refractivity contribution in [3.05, 3.63) is 52.7 Å². The van der Waals surface area contributed by atoms with Gasteiger partial charge in [0.15, 0.2) is 5.78 Å². The van der Waals surface area contributed by atoms with Gasteiger partial charge < -0.3 is 4.74 Å².